The Labute approximate surface area is 143 Å². The predicted molar refractivity (Wildman–Crippen MR) is 91.6 cm³/mol. The summed E-state index contributed by atoms with van der Waals surface area (Å²) in [6.45, 7) is 1.46. The van der Waals surface area contributed by atoms with E-state index < -0.39 is 0 Å². The third-order valence-corrected chi connectivity index (χ3v) is 4.74. The Morgan fingerprint density at radius 1 is 1.48 bits per heavy atom. The van der Waals surface area contributed by atoms with Crippen LogP contribution < -0.4 is 15.4 Å². The lowest BCUT2D eigenvalue weighted by atomic mass is 9.90. The summed E-state index contributed by atoms with van der Waals surface area (Å²) in [5.41, 5.74) is 1.84. The molecule has 6 nitrogen and oxygen atoms in total. The second-order valence-corrected chi connectivity index (χ2v) is 6.51. The van der Waals surface area contributed by atoms with Gasteiger partial charge >= 0.3 is 0 Å². The fourth-order valence-corrected chi connectivity index (χ4v) is 3.46. The zero-order valence-corrected chi connectivity index (χ0v) is 14.6. The summed E-state index contributed by atoms with van der Waals surface area (Å²) in [5.74, 6) is 0.783. The molecular weight excluding hydrogens is 360 g/mol. The van der Waals surface area contributed by atoms with Crippen LogP contribution in [0, 0.1) is 5.92 Å². The zero-order valence-electron chi connectivity index (χ0n) is 13.0. The molecule has 2 N–H and O–H groups in total. The molecule has 1 aromatic carbocycles. The van der Waals surface area contributed by atoms with Crippen LogP contribution in [-0.2, 0) is 11.8 Å². The number of aryl methyl sites for hydroxylation is 1. The molecule has 122 valence electrons. The van der Waals surface area contributed by atoms with Crippen molar-refractivity contribution in [3.63, 3.8) is 0 Å². The first-order chi connectivity index (χ1) is 11.1. The van der Waals surface area contributed by atoms with E-state index in [9.17, 15) is 4.79 Å². The fraction of sp³-hybridized carbons (Fsp3) is 0.375. The van der Waals surface area contributed by atoms with E-state index in [2.05, 4.69) is 31.7 Å². The van der Waals surface area contributed by atoms with Crippen LogP contribution in [0.1, 0.15) is 11.5 Å². The van der Waals surface area contributed by atoms with Crippen molar-refractivity contribution in [3.05, 3.63) is 40.6 Å². The fourth-order valence-electron chi connectivity index (χ4n) is 2.92. The van der Waals surface area contributed by atoms with Gasteiger partial charge in [-0.1, -0.05) is 0 Å². The van der Waals surface area contributed by atoms with E-state index in [1.165, 1.54) is 0 Å². The van der Waals surface area contributed by atoms with Gasteiger partial charge in [0.2, 0.25) is 5.91 Å². The molecule has 2 heterocycles. The topological polar surface area (TPSA) is 68.2 Å². The standard InChI is InChI=1S/C16H19BrN4O2/c1-21-9-10(6-19-21)12-7-18-8-13(12)16(22)20-11-3-4-15(23-2)14(17)5-11/h3-6,9,12-13,18H,7-8H2,1-2H3,(H,20,22)/t12-,13+/m1/s1. The average Bonchev–Trinajstić information content (AvgIpc) is 3.15. The summed E-state index contributed by atoms with van der Waals surface area (Å²) < 4.78 is 7.78. The van der Waals surface area contributed by atoms with E-state index in [1.54, 1.807) is 11.8 Å². The van der Waals surface area contributed by atoms with Gasteiger partial charge in [0.25, 0.3) is 0 Å². The number of carbonyl (C=O) groups is 1. The van der Waals surface area contributed by atoms with Gasteiger partial charge in [0.1, 0.15) is 5.75 Å². The van der Waals surface area contributed by atoms with Crippen LogP contribution in [-0.4, -0.2) is 35.9 Å². The van der Waals surface area contributed by atoms with Crippen LogP contribution >= 0.6 is 15.9 Å². The van der Waals surface area contributed by atoms with Crippen LogP contribution in [0.25, 0.3) is 0 Å². The van der Waals surface area contributed by atoms with Gasteiger partial charge in [-0.3, -0.25) is 9.48 Å². The van der Waals surface area contributed by atoms with Gasteiger partial charge in [-0.25, -0.2) is 0 Å². The molecule has 1 aliphatic rings. The molecule has 0 unspecified atom stereocenters. The first-order valence-corrected chi connectivity index (χ1v) is 8.21. The van der Waals surface area contributed by atoms with E-state index in [0.717, 1.165) is 28.0 Å². The van der Waals surface area contributed by atoms with Crippen molar-refractivity contribution in [2.75, 3.05) is 25.5 Å². The molecule has 23 heavy (non-hydrogen) atoms. The number of hydrogen-bond acceptors (Lipinski definition) is 4. The average molecular weight is 379 g/mol. The van der Waals surface area contributed by atoms with Crippen molar-refractivity contribution in [3.8, 4) is 5.75 Å². The largest absolute Gasteiger partial charge is 0.496 e. The van der Waals surface area contributed by atoms with E-state index in [4.69, 9.17) is 4.74 Å². The first kappa shape index (κ1) is 16.0. The Balaban J connectivity index is 1.73. The number of carbonyl (C=O) groups excluding carboxylic acids is 1. The first-order valence-electron chi connectivity index (χ1n) is 7.42. The van der Waals surface area contributed by atoms with Gasteiger partial charge in [-0.05, 0) is 39.7 Å². The monoisotopic (exact) mass is 378 g/mol. The smallest absolute Gasteiger partial charge is 0.229 e. The van der Waals surface area contributed by atoms with Crippen molar-refractivity contribution in [2.45, 2.75) is 5.92 Å². The third kappa shape index (κ3) is 3.40. The predicted octanol–water partition coefficient (Wildman–Crippen LogP) is 2.13. The molecule has 1 aromatic heterocycles. The van der Waals surface area contributed by atoms with Crippen LogP contribution in [0.2, 0.25) is 0 Å². The van der Waals surface area contributed by atoms with E-state index in [-0.39, 0.29) is 17.7 Å². The van der Waals surface area contributed by atoms with Gasteiger partial charge in [0, 0.05) is 37.9 Å². The molecule has 7 heteroatoms. The number of methoxy groups -OCH3 is 1. The van der Waals surface area contributed by atoms with E-state index in [1.807, 2.05) is 37.6 Å². The Morgan fingerprint density at radius 3 is 2.96 bits per heavy atom. The molecule has 0 saturated carbocycles. The number of benzene rings is 1. The Hall–Kier alpha value is -1.86. The number of aromatic nitrogens is 2. The molecule has 0 spiro atoms. The number of nitrogens with one attached hydrogen (secondary N) is 2. The molecule has 2 aromatic rings. The van der Waals surface area contributed by atoms with Gasteiger partial charge in [-0.2, -0.15) is 5.10 Å². The van der Waals surface area contributed by atoms with Gasteiger partial charge < -0.3 is 15.4 Å². The molecule has 1 fully saturated rings. The molecule has 0 aliphatic carbocycles. The van der Waals surface area contributed by atoms with E-state index >= 15 is 0 Å². The summed E-state index contributed by atoms with van der Waals surface area (Å²) in [4.78, 5) is 12.6. The number of halogens is 1. The minimum absolute atomic E-state index is 0.0147. The van der Waals surface area contributed by atoms with Crippen molar-refractivity contribution in [2.24, 2.45) is 13.0 Å². The molecule has 1 saturated heterocycles. The SMILES string of the molecule is COc1ccc(NC(=O)[C@H]2CNC[C@@H]2c2cnn(C)c2)cc1Br. The molecule has 0 bridgehead atoms. The van der Waals surface area contributed by atoms with Crippen molar-refractivity contribution < 1.29 is 9.53 Å². The van der Waals surface area contributed by atoms with Gasteiger partial charge in [0.15, 0.2) is 0 Å². The van der Waals surface area contributed by atoms with Crippen LogP contribution in [0.15, 0.2) is 35.1 Å². The van der Waals surface area contributed by atoms with Crippen molar-refractivity contribution in [1.82, 2.24) is 15.1 Å². The Morgan fingerprint density at radius 2 is 2.30 bits per heavy atom. The number of nitrogens with zero attached hydrogens (tertiary/aromatic N) is 2. The highest BCUT2D eigenvalue weighted by molar-refractivity contribution is 9.10. The number of amides is 1. The number of rotatable bonds is 4. The third-order valence-electron chi connectivity index (χ3n) is 4.12. The molecule has 1 aliphatic heterocycles. The second kappa shape index (κ2) is 6.72. The summed E-state index contributed by atoms with van der Waals surface area (Å²) in [7, 11) is 3.50. The highest BCUT2D eigenvalue weighted by atomic mass is 79.9. The zero-order chi connectivity index (χ0) is 16.4. The summed E-state index contributed by atoms with van der Waals surface area (Å²) in [6, 6.07) is 5.51. The lowest BCUT2D eigenvalue weighted by Gasteiger charge is -2.17. The van der Waals surface area contributed by atoms with Crippen LogP contribution in [0.5, 0.6) is 5.75 Å². The van der Waals surface area contributed by atoms with E-state index in [0.29, 0.717) is 6.54 Å². The highest BCUT2D eigenvalue weighted by Crippen LogP contribution is 2.31. The lowest BCUT2D eigenvalue weighted by molar-refractivity contribution is -0.119. The van der Waals surface area contributed by atoms with Gasteiger partial charge in [-0.15, -0.1) is 0 Å². The normalized spacial score (nSPS) is 20.5. The number of hydrogen-bond donors (Lipinski definition) is 2. The molecule has 3 rings (SSSR count). The summed E-state index contributed by atoms with van der Waals surface area (Å²) in [6.07, 6.45) is 3.81. The van der Waals surface area contributed by atoms with Crippen LogP contribution in [0.3, 0.4) is 0 Å². The minimum Gasteiger partial charge on any atom is -0.496 e. The lowest BCUT2D eigenvalue weighted by Crippen LogP contribution is -2.28. The quantitative estimate of drug-likeness (QED) is 0.854. The number of anilines is 1. The van der Waals surface area contributed by atoms with Gasteiger partial charge in [0.05, 0.1) is 23.7 Å². The molecule has 0 radical (unpaired) electrons. The van der Waals surface area contributed by atoms with Crippen LogP contribution in [0.4, 0.5) is 5.69 Å². The Bertz CT molecular complexity index is 716. The molecule has 2 atom stereocenters. The maximum absolute atomic E-state index is 12.6. The minimum atomic E-state index is -0.111. The molecule has 1 amide bonds. The maximum atomic E-state index is 12.6. The molecular formula is C16H19BrN4O2. The van der Waals surface area contributed by atoms with Crippen molar-refractivity contribution >= 4 is 27.5 Å². The highest BCUT2D eigenvalue weighted by Gasteiger charge is 2.34. The maximum Gasteiger partial charge on any atom is 0.229 e. The summed E-state index contributed by atoms with van der Waals surface area (Å²) >= 11 is 3.43. The summed E-state index contributed by atoms with van der Waals surface area (Å²) in [5, 5.41) is 10.5. The van der Waals surface area contributed by atoms with Crippen molar-refractivity contribution in [1.29, 1.82) is 0 Å². The number of ether oxygens (including phenoxy) is 1. The Kier molecular flexibility index (Phi) is 4.68. The second-order valence-electron chi connectivity index (χ2n) is 5.66.